The number of aromatic nitrogens is 2. The molecule has 1 atom stereocenters. The van der Waals surface area contributed by atoms with Crippen LogP contribution in [0.15, 0.2) is 52.4 Å². The smallest absolute Gasteiger partial charge is 0.262 e. The Morgan fingerprint density at radius 1 is 1.20 bits per heavy atom. The number of nitrogens with zero attached hydrogens (tertiary/aromatic N) is 2. The van der Waals surface area contributed by atoms with Gasteiger partial charge in [0.05, 0.1) is 35.9 Å². The van der Waals surface area contributed by atoms with Crippen molar-refractivity contribution >= 4 is 34.4 Å². The Bertz CT molecular complexity index is 1270. The molecule has 1 saturated heterocycles. The Kier molecular flexibility index (Phi) is 8.33. The molecular formula is C26H29N3O5S. The summed E-state index contributed by atoms with van der Waals surface area (Å²) in [5, 5.41) is 3.64. The van der Waals surface area contributed by atoms with Gasteiger partial charge in [-0.15, -0.1) is 0 Å². The second kappa shape index (κ2) is 11.6. The van der Waals surface area contributed by atoms with Crippen molar-refractivity contribution in [3.8, 4) is 0 Å². The zero-order valence-corrected chi connectivity index (χ0v) is 20.7. The van der Waals surface area contributed by atoms with Gasteiger partial charge in [-0.1, -0.05) is 41.6 Å². The fourth-order valence-electron chi connectivity index (χ4n) is 3.93. The lowest BCUT2D eigenvalue weighted by Gasteiger charge is -2.16. The molecule has 0 saturated carbocycles. The van der Waals surface area contributed by atoms with Crippen molar-refractivity contribution in [1.82, 2.24) is 14.9 Å². The van der Waals surface area contributed by atoms with Gasteiger partial charge in [0.15, 0.2) is 10.9 Å². The lowest BCUT2D eigenvalue weighted by molar-refractivity contribution is 0.0935. The van der Waals surface area contributed by atoms with E-state index in [0.717, 1.165) is 18.4 Å². The van der Waals surface area contributed by atoms with Crippen LogP contribution in [0, 0.1) is 6.92 Å². The Balaban J connectivity index is 1.64. The summed E-state index contributed by atoms with van der Waals surface area (Å²) < 4.78 is 12.3. The number of fused-ring (bicyclic) bond motifs is 1. The molecule has 0 spiro atoms. The van der Waals surface area contributed by atoms with Crippen molar-refractivity contribution in [2.24, 2.45) is 0 Å². The first-order valence-electron chi connectivity index (χ1n) is 11.6. The van der Waals surface area contributed by atoms with Crippen molar-refractivity contribution < 1.29 is 19.1 Å². The molecule has 0 bridgehead atoms. The molecule has 1 aliphatic heterocycles. The molecule has 2 aromatic carbocycles. The quantitative estimate of drug-likeness (QED) is 0.200. The van der Waals surface area contributed by atoms with E-state index in [1.54, 1.807) is 42.0 Å². The van der Waals surface area contributed by atoms with Crippen molar-refractivity contribution in [3.05, 3.63) is 69.5 Å². The molecule has 0 aliphatic carbocycles. The van der Waals surface area contributed by atoms with Crippen LogP contribution in [0.5, 0.6) is 0 Å². The predicted molar refractivity (Wildman–Crippen MR) is 135 cm³/mol. The Hall–Kier alpha value is -3.01. The molecule has 9 heteroatoms. The van der Waals surface area contributed by atoms with E-state index in [2.05, 4.69) is 5.32 Å². The van der Waals surface area contributed by atoms with Crippen LogP contribution in [0.25, 0.3) is 10.9 Å². The summed E-state index contributed by atoms with van der Waals surface area (Å²) in [6, 6.07) is 12.3. The van der Waals surface area contributed by atoms with Crippen LogP contribution < -0.4 is 10.9 Å². The van der Waals surface area contributed by atoms with Crippen molar-refractivity contribution in [3.63, 3.8) is 0 Å². The van der Waals surface area contributed by atoms with Gasteiger partial charge in [0.1, 0.15) is 0 Å². The van der Waals surface area contributed by atoms with Gasteiger partial charge in [-0.3, -0.25) is 19.0 Å². The molecule has 1 unspecified atom stereocenters. The van der Waals surface area contributed by atoms with Crippen LogP contribution in [-0.4, -0.2) is 60.0 Å². The van der Waals surface area contributed by atoms with E-state index in [-0.39, 0.29) is 29.1 Å². The number of carbonyl (C=O) groups is 2. The maximum absolute atomic E-state index is 13.4. The third-order valence-corrected chi connectivity index (χ3v) is 6.87. The number of nitrogens with one attached hydrogen (secondary N) is 1. The molecule has 1 N–H and O–H groups in total. The highest BCUT2D eigenvalue weighted by Gasteiger charge is 2.21. The van der Waals surface area contributed by atoms with Crippen LogP contribution in [0.1, 0.15) is 39.1 Å². The lowest BCUT2D eigenvalue weighted by atomic mass is 10.1. The van der Waals surface area contributed by atoms with Gasteiger partial charge in [-0.2, -0.15) is 0 Å². The first-order chi connectivity index (χ1) is 17.0. The largest absolute Gasteiger partial charge is 0.383 e. The summed E-state index contributed by atoms with van der Waals surface area (Å²) in [4.78, 5) is 43.4. The first kappa shape index (κ1) is 25.1. The van der Waals surface area contributed by atoms with E-state index in [1.165, 1.54) is 11.8 Å². The fourth-order valence-corrected chi connectivity index (χ4v) is 4.83. The summed E-state index contributed by atoms with van der Waals surface area (Å²) in [7, 11) is 1.57. The average Bonchev–Trinajstić information content (AvgIpc) is 3.38. The van der Waals surface area contributed by atoms with E-state index in [9.17, 15) is 14.4 Å². The Morgan fingerprint density at radius 2 is 1.97 bits per heavy atom. The predicted octanol–water partition coefficient (Wildman–Crippen LogP) is 3.24. The molecule has 3 aromatic rings. The standard InChI is InChI=1S/C26H29N3O5S/c1-17-5-7-18(8-6-17)23(30)16-35-26-28-22-14-19(24(31)27-11-13-33-2)9-10-21(22)25(32)29(26)15-20-4-3-12-34-20/h5-10,14,20H,3-4,11-13,15-16H2,1-2H3,(H,27,31). The van der Waals surface area contributed by atoms with Gasteiger partial charge >= 0.3 is 0 Å². The second-order valence-corrected chi connectivity index (χ2v) is 9.45. The number of Topliss-reactive ketones (excluding diaryl/α,β-unsaturated/α-hetero) is 1. The summed E-state index contributed by atoms with van der Waals surface area (Å²) in [5.74, 6) is -0.165. The molecule has 1 amide bonds. The zero-order chi connectivity index (χ0) is 24.8. The van der Waals surface area contributed by atoms with Crippen molar-refractivity contribution in [1.29, 1.82) is 0 Å². The molecule has 2 heterocycles. The van der Waals surface area contributed by atoms with Gasteiger partial charge in [0.25, 0.3) is 11.5 Å². The number of amides is 1. The fraction of sp³-hybridized carbons (Fsp3) is 0.385. The number of hydrogen-bond acceptors (Lipinski definition) is 7. The van der Waals surface area contributed by atoms with Crippen LogP contribution in [0.4, 0.5) is 0 Å². The highest BCUT2D eigenvalue weighted by atomic mass is 32.2. The highest BCUT2D eigenvalue weighted by molar-refractivity contribution is 7.99. The molecule has 1 fully saturated rings. The molecule has 0 radical (unpaired) electrons. The molecule has 1 aliphatic rings. The molecule has 35 heavy (non-hydrogen) atoms. The first-order valence-corrected chi connectivity index (χ1v) is 12.6. The van der Waals surface area contributed by atoms with Crippen LogP contribution in [0.3, 0.4) is 0 Å². The SMILES string of the molecule is COCCNC(=O)c1ccc2c(=O)n(CC3CCCO3)c(SCC(=O)c3ccc(C)cc3)nc2c1. The number of ketones is 1. The molecule has 1 aromatic heterocycles. The van der Waals surface area contributed by atoms with Gasteiger partial charge < -0.3 is 14.8 Å². The van der Waals surface area contributed by atoms with E-state index in [0.29, 0.717) is 53.5 Å². The number of rotatable bonds is 10. The highest BCUT2D eigenvalue weighted by Crippen LogP contribution is 2.23. The maximum Gasteiger partial charge on any atom is 0.262 e. The molecule has 184 valence electrons. The maximum atomic E-state index is 13.4. The van der Waals surface area contributed by atoms with Crippen LogP contribution >= 0.6 is 11.8 Å². The summed E-state index contributed by atoms with van der Waals surface area (Å²) in [6.07, 6.45) is 1.76. The molecule has 4 rings (SSSR count). The Labute approximate surface area is 208 Å². The minimum atomic E-state index is -0.266. The normalized spacial score (nSPS) is 15.4. The lowest BCUT2D eigenvalue weighted by Crippen LogP contribution is -2.29. The number of benzene rings is 2. The monoisotopic (exact) mass is 495 g/mol. The molecular weight excluding hydrogens is 466 g/mol. The Morgan fingerprint density at radius 3 is 2.69 bits per heavy atom. The third-order valence-electron chi connectivity index (χ3n) is 5.89. The number of methoxy groups -OCH3 is 1. The van der Waals surface area contributed by atoms with Crippen molar-refractivity contribution in [2.75, 3.05) is 32.6 Å². The topological polar surface area (TPSA) is 99.5 Å². The summed E-state index contributed by atoms with van der Waals surface area (Å²) in [6.45, 7) is 3.81. The summed E-state index contributed by atoms with van der Waals surface area (Å²) in [5.41, 5.74) is 2.32. The average molecular weight is 496 g/mol. The van der Waals surface area contributed by atoms with Gasteiger partial charge in [-0.25, -0.2) is 4.98 Å². The number of carbonyl (C=O) groups excluding carboxylic acids is 2. The van der Waals surface area contributed by atoms with Crippen LogP contribution in [-0.2, 0) is 16.0 Å². The third kappa shape index (κ3) is 6.17. The number of aryl methyl sites for hydroxylation is 1. The van der Waals surface area contributed by atoms with E-state index in [1.807, 2.05) is 19.1 Å². The number of hydrogen-bond donors (Lipinski definition) is 1. The van der Waals surface area contributed by atoms with E-state index < -0.39 is 0 Å². The minimum Gasteiger partial charge on any atom is -0.383 e. The minimum absolute atomic E-state index is 0.0423. The van der Waals surface area contributed by atoms with Gasteiger partial charge in [-0.05, 0) is 38.0 Å². The number of thioether (sulfide) groups is 1. The zero-order valence-electron chi connectivity index (χ0n) is 19.9. The number of ether oxygens (including phenoxy) is 2. The molecule has 8 nitrogen and oxygen atoms in total. The van der Waals surface area contributed by atoms with E-state index in [4.69, 9.17) is 14.5 Å². The van der Waals surface area contributed by atoms with Gasteiger partial charge in [0.2, 0.25) is 0 Å². The second-order valence-electron chi connectivity index (χ2n) is 8.50. The van der Waals surface area contributed by atoms with Crippen LogP contribution in [0.2, 0.25) is 0 Å². The van der Waals surface area contributed by atoms with Gasteiger partial charge in [0, 0.05) is 31.4 Å². The summed E-state index contributed by atoms with van der Waals surface area (Å²) >= 11 is 1.23. The van der Waals surface area contributed by atoms with Crippen molar-refractivity contribution in [2.45, 2.75) is 37.6 Å². The van der Waals surface area contributed by atoms with E-state index >= 15 is 0 Å².